The molecule has 2 heterocycles. The van der Waals surface area contributed by atoms with E-state index in [1.54, 1.807) is 17.2 Å². The summed E-state index contributed by atoms with van der Waals surface area (Å²) in [7, 11) is -2.08. The van der Waals surface area contributed by atoms with Gasteiger partial charge in [-0.15, -0.1) is 0 Å². The number of likely N-dealkylation sites (tertiary alicyclic amines) is 1. The third-order valence-electron chi connectivity index (χ3n) is 4.23. The molecule has 1 saturated heterocycles. The molecule has 0 radical (unpaired) electrons. The van der Waals surface area contributed by atoms with Crippen molar-refractivity contribution >= 4 is 15.7 Å². The number of ether oxygens (including phenoxy) is 1. The Kier molecular flexibility index (Phi) is 4.36. The molecule has 1 aliphatic rings. The zero-order valence-electron chi connectivity index (χ0n) is 13.6. The molecule has 3 rings (SSSR count). The fraction of sp³-hybridized carbons (Fsp3) is 0.353. The third-order valence-corrected chi connectivity index (χ3v) is 5.35. The quantitative estimate of drug-likeness (QED) is 0.847. The molecule has 7 heteroatoms. The van der Waals surface area contributed by atoms with E-state index in [9.17, 15) is 13.2 Å². The highest BCUT2D eigenvalue weighted by Crippen LogP contribution is 2.30. The van der Waals surface area contributed by atoms with Gasteiger partial charge in [-0.2, -0.15) is 0 Å². The zero-order valence-corrected chi connectivity index (χ0v) is 14.4. The highest BCUT2D eigenvalue weighted by Gasteiger charge is 2.30. The second-order valence-corrected chi connectivity index (χ2v) is 7.87. The second kappa shape index (κ2) is 6.32. The van der Waals surface area contributed by atoms with Crippen LogP contribution in [0.25, 0.3) is 0 Å². The van der Waals surface area contributed by atoms with Gasteiger partial charge in [0.1, 0.15) is 16.4 Å². The molecule has 1 atom stereocenters. The van der Waals surface area contributed by atoms with Crippen molar-refractivity contribution in [1.29, 1.82) is 0 Å². The number of rotatable bonds is 4. The van der Waals surface area contributed by atoms with Crippen molar-refractivity contribution in [2.75, 3.05) is 26.5 Å². The summed E-state index contributed by atoms with van der Waals surface area (Å²) in [5, 5.41) is 0. The van der Waals surface area contributed by atoms with E-state index in [0.29, 0.717) is 18.7 Å². The Morgan fingerprint density at radius 2 is 2.12 bits per heavy atom. The number of amides is 1. The maximum absolute atomic E-state index is 12.7. The van der Waals surface area contributed by atoms with E-state index in [2.05, 4.69) is 0 Å². The Hall–Kier alpha value is -2.28. The van der Waals surface area contributed by atoms with E-state index in [4.69, 9.17) is 9.15 Å². The first-order valence-corrected chi connectivity index (χ1v) is 9.50. The Bertz CT molecular complexity index is 842. The van der Waals surface area contributed by atoms with Gasteiger partial charge in [0.25, 0.3) is 5.91 Å². The van der Waals surface area contributed by atoms with Gasteiger partial charge in [0.2, 0.25) is 0 Å². The Balaban J connectivity index is 1.83. The first-order valence-electron chi connectivity index (χ1n) is 7.61. The molecule has 0 N–H and O–H groups in total. The lowest BCUT2D eigenvalue weighted by Gasteiger charge is -2.17. The van der Waals surface area contributed by atoms with Crippen LogP contribution < -0.4 is 4.74 Å². The van der Waals surface area contributed by atoms with Gasteiger partial charge in [0.05, 0.1) is 13.4 Å². The minimum absolute atomic E-state index is 0.0256. The molecule has 1 aliphatic heterocycles. The van der Waals surface area contributed by atoms with Gasteiger partial charge in [-0.3, -0.25) is 4.79 Å². The lowest BCUT2D eigenvalue weighted by atomic mass is 10.1. The van der Waals surface area contributed by atoms with Crippen LogP contribution in [0.15, 0.2) is 45.9 Å². The molecule has 128 valence electrons. The molecule has 0 spiro atoms. The van der Waals surface area contributed by atoms with E-state index in [1.807, 2.05) is 12.1 Å². The average Bonchev–Trinajstić information content (AvgIpc) is 3.23. The summed E-state index contributed by atoms with van der Waals surface area (Å²) in [5.74, 6) is 1.11. The Morgan fingerprint density at radius 3 is 2.75 bits per heavy atom. The third kappa shape index (κ3) is 3.17. The highest BCUT2D eigenvalue weighted by atomic mass is 32.2. The van der Waals surface area contributed by atoms with Crippen LogP contribution in [-0.4, -0.2) is 45.7 Å². The van der Waals surface area contributed by atoms with Crippen LogP contribution in [0.1, 0.15) is 28.5 Å². The number of benzene rings is 1. The molecule has 1 aromatic carbocycles. The molecule has 2 aromatic rings. The van der Waals surface area contributed by atoms with E-state index in [0.717, 1.165) is 18.4 Å². The summed E-state index contributed by atoms with van der Waals surface area (Å²) in [4.78, 5) is 14.4. The molecule has 1 unspecified atom stereocenters. The molecule has 1 fully saturated rings. The van der Waals surface area contributed by atoms with Crippen LogP contribution in [0.2, 0.25) is 0 Å². The maximum atomic E-state index is 12.7. The number of carbonyl (C=O) groups is 1. The largest absolute Gasteiger partial charge is 0.495 e. The SMILES string of the molecule is COc1ccc(C(=O)N2CCC(c3ccco3)C2)cc1S(C)(=O)=O. The number of hydrogen-bond donors (Lipinski definition) is 0. The topological polar surface area (TPSA) is 76.8 Å². The van der Waals surface area contributed by atoms with Gasteiger partial charge in [0, 0.05) is 30.8 Å². The molecule has 0 aliphatic carbocycles. The summed E-state index contributed by atoms with van der Waals surface area (Å²) < 4.78 is 34.3. The van der Waals surface area contributed by atoms with Crippen molar-refractivity contribution < 1.29 is 22.4 Å². The normalized spacial score (nSPS) is 17.9. The summed E-state index contributed by atoms with van der Waals surface area (Å²) in [6.45, 7) is 1.18. The van der Waals surface area contributed by atoms with Crippen molar-refractivity contribution in [3.05, 3.63) is 47.9 Å². The second-order valence-electron chi connectivity index (χ2n) is 5.89. The molecule has 0 bridgehead atoms. The predicted octanol–water partition coefficient (Wildman–Crippen LogP) is 2.32. The standard InChI is InChI=1S/C17H19NO5S/c1-22-15-6-5-12(10-16(15)24(2,20)21)17(19)18-8-7-13(11-18)14-4-3-9-23-14/h3-6,9-10,13H,7-8,11H2,1-2H3. The zero-order chi connectivity index (χ0) is 17.3. The monoisotopic (exact) mass is 349 g/mol. The number of furan rings is 1. The van der Waals surface area contributed by atoms with Gasteiger partial charge in [-0.1, -0.05) is 0 Å². The number of hydrogen-bond acceptors (Lipinski definition) is 5. The molecule has 0 saturated carbocycles. The number of sulfone groups is 1. The van der Waals surface area contributed by atoms with Crippen molar-refractivity contribution in [1.82, 2.24) is 4.90 Å². The minimum atomic E-state index is -3.48. The van der Waals surface area contributed by atoms with Crippen molar-refractivity contribution in [3.8, 4) is 5.75 Å². The summed E-state index contributed by atoms with van der Waals surface area (Å²) in [6.07, 6.45) is 3.55. The summed E-state index contributed by atoms with van der Waals surface area (Å²) in [5.41, 5.74) is 0.344. The van der Waals surface area contributed by atoms with E-state index < -0.39 is 9.84 Å². The fourth-order valence-electron chi connectivity index (χ4n) is 2.98. The molecule has 1 amide bonds. The van der Waals surface area contributed by atoms with Crippen molar-refractivity contribution in [2.45, 2.75) is 17.2 Å². The molecular weight excluding hydrogens is 330 g/mol. The molecular formula is C17H19NO5S. The van der Waals surface area contributed by atoms with Gasteiger partial charge < -0.3 is 14.1 Å². The highest BCUT2D eigenvalue weighted by molar-refractivity contribution is 7.90. The first kappa shape index (κ1) is 16.6. The van der Waals surface area contributed by atoms with Crippen LogP contribution in [0.4, 0.5) is 0 Å². The number of carbonyl (C=O) groups excluding carboxylic acids is 1. The number of methoxy groups -OCH3 is 1. The van der Waals surface area contributed by atoms with Gasteiger partial charge in [0.15, 0.2) is 9.84 Å². The average molecular weight is 349 g/mol. The first-order chi connectivity index (χ1) is 11.4. The maximum Gasteiger partial charge on any atom is 0.253 e. The fourth-order valence-corrected chi connectivity index (χ4v) is 3.84. The van der Waals surface area contributed by atoms with E-state index in [-0.39, 0.29) is 22.5 Å². The predicted molar refractivity (Wildman–Crippen MR) is 88.1 cm³/mol. The van der Waals surface area contributed by atoms with E-state index in [1.165, 1.54) is 19.2 Å². The summed E-state index contributed by atoms with van der Waals surface area (Å²) in [6, 6.07) is 8.24. The van der Waals surface area contributed by atoms with Crippen LogP contribution in [0.5, 0.6) is 5.75 Å². The molecule has 24 heavy (non-hydrogen) atoms. The smallest absolute Gasteiger partial charge is 0.253 e. The van der Waals surface area contributed by atoms with Crippen molar-refractivity contribution in [3.63, 3.8) is 0 Å². The van der Waals surface area contributed by atoms with Gasteiger partial charge >= 0.3 is 0 Å². The lowest BCUT2D eigenvalue weighted by Crippen LogP contribution is -2.28. The Labute approximate surface area is 140 Å². The van der Waals surface area contributed by atoms with Crippen LogP contribution in [0.3, 0.4) is 0 Å². The van der Waals surface area contributed by atoms with Gasteiger partial charge in [-0.05, 0) is 36.8 Å². The van der Waals surface area contributed by atoms with E-state index >= 15 is 0 Å². The molecule has 6 nitrogen and oxygen atoms in total. The Morgan fingerprint density at radius 1 is 1.33 bits per heavy atom. The van der Waals surface area contributed by atoms with Crippen LogP contribution >= 0.6 is 0 Å². The van der Waals surface area contributed by atoms with Crippen molar-refractivity contribution in [2.24, 2.45) is 0 Å². The van der Waals surface area contributed by atoms with Crippen LogP contribution in [0, 0.1) is 0 Å². The van der Waals surface area contributed by atoms with Crippen LogP contribution in [-0.2, 0) is 9.84 Å². The minimum Gasteiger partial charge on any atom is -0.495 e. The summed E-state index contributed by atoms with van der Waals surface area (Å²) >= 11 is 0. The molecule has 1 aromatic heterocycles. The lowest BCUT2D eigenvalue weighted by molar-refractivity contribution is 0.0790. The number of nitrogens with zero attached hydrogens (tertiary/aromatic N) is 1. The van der Waals surface area contributed by atoms with Gasteiger partial charge in [-0.25, -0.2) is 8.42 Å².